The van der Waals surface area contributed by atoms with Crippen molar-refractivity contribution in [3.05, 3.63) is 89.9 Å². The van der Waals surface area contributed by atoms with Gasteiger partial charge in [-0.25, -0.2) is 0 Å². The van der Waals surface area contributed by atoms with E-state index in [4.69, 9.17) is 4.42 Å². The second-order valence-corrected chi connectivity index (χ2v) is 8.92. The molecule has 1 heterocycles. The minimum atomic E-state index is -0.882. The number of benzene rings is 2. The molecule has 0 spiro atoms. The molecule has 7 nitrogen and oxygen atoms in total. The normalized spacial score (nSPS) is 14.7. The zero-order valence-electron chi connectivity index (χ0n) is 19.9. The number of carbonyl (C=O) groups is 3. The van der Waals surface area contributed by atoms with E-state index in [1.165, 1.54) is 23.7 Å². The van der Waals surface area contributed by atoms with E-state index in [-0.39, 0.29) is 24.3 Å². The lowest BCUT2D eigenvalue weighted by Crippen LogP contribution is -2.49. The maximum atomic E-state index is 13.7. The summed E-state index contributed by atoms with van der Waals surface area (Å²) in [4.78, 5) is 41.3. The van der Waals surface area contributed by atoms with Gasteiger partial charge in [0.2, 0.25) is 11.8 Å². The van der Waals surface area contributed by atoms with Gasteiger partial charge in [0.25, 0.3) is 5.91 Å². The number of rotatable bonds is 8. The van der Waals surface area contributed by atoms with Crippen molar-refractivity contribution in [1.82, 2.24) is 10.6 Å². The van der Waals surface area contributed by atoms with Crippen LogP contribution in [-0.2, 0) is 9.59 Å². The van der Waals surface area contributed by atoms with Gasteiger partial charge in [0.05, 0.1) is 12.8 Å². The van der Waals surface area contributed by atoms with Crippen LogP contribution in [0.5, 0.6) is 0 Å². The number of hydrogen-bond donors (Lipinski definition) is 2. The van der Waals surface area contributed by atoms with Crippen molar-refractivity contribution in [3.63, 3.8) is 0 Å². The Labute approximate surface area is 205 Å². The summed E-state index contributed by atoms with van der Waals surface area (Å²) < 4.78 is 5.13. The fourth-order valence-electron chi connectivity index (χ4n) is 4.53. The van der Waals surface area contributed by atoms with Gasteiger partial charge in [0.1, 0.15) is 6.04 Å². The van der Waals surface area contributed by atoms with Crippen molar-refractivity contribution in [2.24, 2.45) is 0 Å². The van der Waals surface area contributed by atoms with Crippen molar-refractivity contribution in [2.75, 3.05) is 11.4 Å². The van der Waals surface area contributed by atoms with Crippen LogP contribution in [0.2, 0.25) is 0 Å². The summed E-state index contributed by atoms with van der Waals surface area (Å²) in [6.07, 6.45) is 6.62. The summed E-state index contributed by atoms with van der Waals surface area (Å²) in [5, 5.41) is 5.81. The van der Waals surface area contributed by atoms with E-state index in [0.29, 0.717) is 11.3 Å². The van der Waals surface area contributed by atoms with E-state index < -0.39 is 17.9 Å². The molecule has 0 radical (unpaired) electrons. The third-order valence-electron chi connectivity index (χ3n) is 6.27. The summed E-state index contributed by atoms with van der Waals surface area (Å²) in [7, 11) is 0. The largest absolute Gasteiger partial charge is 0.459 e. The summed E-state index contributed by atoms with van der Waals surface area (Å²) in [5.41, 5.74) is 2.25. The van der Waals surface area contributed by atoms with Crippen LogP contribution in [0, 0.1) is 6.92 Å². The van der Waals surface area contributed by atoms with Gasteiger partial charge in [-0.05, 0) is 55.2 Å². The average molecular weight is 474 g/mol. The molecule has 0 saturated heterocycles. The van der Waals surface area contributed by atoms with Gasteiger partial charge in [0, 0.05) is 11.7 Å². The molecule has 4 rings (SSSR count). The molecule has 1 fully saturated rings. The SMILES string of the molecule is Cc1cccc(N(C(=O)CNC(=O)c2ccco2)[C@H](C(=O)NC2CCCCC2)c2ccccc2)c1. The Morgan fingerprint density at radius 2 is 1.74 bits per heavy atom. The molecule has 1 saturated carbocycles. The third kappa shape index (κ3) is 6.18. The van der Waals surface area contributed by atoms with Gasteiger partial charge in [-0.2, -0.15) is 0 Å². The Morgan fingerprint density at radius 1 is 0.971 bits per heavy atom. The van der Waals surface area contributed by atoms with E-state index in [1.807, 2.05) is 61.5 Å². The molecule has 1 atom stereocenters. The first-order valence-electron chi connectivity index (χ1n) is 12.1. The molecular formula is C28H31N3O4. The number of hydrogen-bond acceptors (Lipinski definition) is 4. The van der Waals surface area contributed by atoms with Gasteiger partial charge in [0.15, 0.2) is 5.76 Å². The summed E-state index contributed by atoms with van der Waals surface area (Å²) in [6, 6.07) is 19.1. The van der Waals surface area contributed by atoms with Crippen molar-refractivity contribution in [2.45, 2.75) is 51.1 Å². The molecule has 182 valence electrons. The van der Waals surface area contributed by atoms with E-state index in [9.17, 15) is 14.4 Å². The molecule has 0 aliphatic heterocycles. The molecule has 35 heavy (non-hydrogen) atoms. The number of nitrogens with one attached hydrogen (secondary N) is 2. The lowest BCUT2D eigenvalue weighted by Gasteiger charge is -2.33. The van der Waals surface area contributed by atoms with Crippen LogP contribution in [-0.4, -0.2) is 30.3 Å². The summed E-state index contributed by atoms with van der Waals surface area (Å²) in [5.74, 6) is -0.997. The quantitative estimate of drug-likeness (QED) is 0.502. The average Bonchev–Trinajstić information content (AvgIpc) is 3.42. The third-order valence-corrected chi connectivity index (χ3v) is 6.27. The van der Waals surface area contributed by atoms with Crippen LogP contribution < -0.4 is 15.5 Å². The predicted octanol–water partition coefficient (Wildman–Crippen LogP) is 4.54. The lowest BCUT2D eigenvalue weighted by atomic mass is 9.94. The first kappa shape index (κ1) is 24.3. The molecule has 3 aromatic rings. The first-order chi connectivity index (χ1) is 17.0. The number of nitrogens with zero attached hydrogens (tertiary/aromatic N) is 1. The molecule has 0 bridgehead atoms. The smallest absolute Gasteiger partial charge is 0.287 e. The zero-order chi connectivity index (χ0) is 24.6. The number of aryl methyl sites for hydroxylation is 1. The van der Waals surface area contributed by atoms with Gasteiger partial charge >= 0.3 is 0 Å². The fourth-order valence-corrected chi connectivity index (χ4v) is 4.53. The molecule has 2 aromatic carbocycles. The molecule has 1 aromatic heterocycles. The topological polar surface area (TPSA) is 91.7 Å². The van der Waals surface area contributed by atoms with Crippen LogP contribution in [0.3, 0.4) is 0 Å². The highest BCUT2D eigenvalue weighted by molar-refractivity contribution is 6.04. The predicted molar refractivity (Wildman–Crippen MR) is 134 cm³/mol. The van der Waals surface area contributed by atoms with Crippen LogP contribution in [0.1, 0.15) is 59.8 Å². The standard InChI is InChI=1S/C28H31N3O4/c1-20-10-8-15-23(18-20)31(25(32)19-29-27(33)24-16-9-17-35-24)26(21-11-4-2-5-12-21)28(34)30-22-13-6-3-7-14-22/h2,4-5,8-12,15-18,22,26H,3,6-7,13-14,19H2,1H3,(H,29,33)(H,30,34)/t26-/m0/s1. The zero-order valence-corrected chi connectivity index (χ0v) is 19.9. The maximum absolute atomic E-state index is 13.7. The molecule has 0 unspecified atom stereocenters. The molecule has 1 aliphatic rings. The van der Waals surface area contributed by atoms with E-state index in [2.05, 4.69) is 10.6 Å². The highest BCUT2D eigenvalue weighted by Gasteiger charge is 2.34. The lowest BCUT2D eigenvalue weighted by molar-refractivity contribution is -0.127. The molecular weight excluding hydrogens is 442 g/mol. The van der Waals surface area contributed by atoms with Gasteiger partial charge < -0.3 is 15.1 Å². The number of carbonyl (C=O) groups excluding carboxylic acids is 3. The van der Waals surface area contributed by atoms with Crippen molar-refractivity contribution in [3.8, 4) is 0 Å². The number of amides is 3. The Balaban J connectivity index is 1.66. The van der Waals surface area contributed by atoms with Gasteiger partial charge in [-0.3, -0.25) is 19.3 Å². The minimum Gasteiger partial charge on any atom is -0.459 e. The van der Waals surface area contributed by atoms with Crippen LogP contribution in [0.25, 0.3) is 0 Å². The van der Waals surface area contributed by atoms with E-state index >= 15 is 0 Å². The Morgan fingerprint density at radius 3 is 2.43 bits per heavy atom. The Kier molecular flexibility index (Phi) is 7.98. The Hall–Kier alpha value is -3.87. The van der Waals surface area contributed by atoms with E-state index in [0.717, 1.165) is 31.2 Å². The van der Waals surface area contributed by atoms with Crippen LogP contribution >= 0.6 is 0 Å². The molecule has 3 amide bonds. The van der Waals surface area contributed by atoms with Gasteiger partial charge in [-0.1, -0.05) is 61.7 Å². The van der Waals surface area contributed by atoms with Crippen molar-refractivity contribution >= 4 is 23.4 Å². The highest BCUT2D eigenvalue weighted by Crippen LogP contribution is 2.29. The van der Waals surface area contributed by atoms with E-state index in [1.54, 1.807) is 6.07 Å². The summed E-state index contributed by atoms with van der Waals surface area (Å²) in [6.45, 7) is 1.65. The second-order valence-electron chi connectivity index (χ2n) is 8.92. The molecule has 7 heteroatoms. The minimum absolute atomic E-state index is 0.0931. The molecule has 1 aliphatic carbocycles. The maximum Gasteiger partial charge on any atom is 0.287 e. The monoisotopic (exact) mass is 473 g/mol. The van der Waals surface area contributed by atoms with Crippen molar-refractivity contribution in [1.29, 1.82) is 0 Å². The molecule has 2 N–H and O–H groups in total. The Bertz CT molecular complexity index is 1140. The van der Waals surface area contributed by atoms with Crippen LogP contribution in [0.15, 0.2) is 77.4 Å². The fraction of sp³-hybridized carbons (Fsp3) is 0.321. The summed E-state index contributed by atoms with van der Waals surface area (Å²) >= 11 is 0. The highest BCUT2D eigenvalue weighted by atomic mass is 16.3. The van der Waals surface area contributed by atoms with Crippen molar-refractivity contribution < 1.29 is 18.8 Å². The number of anilines is 1. The second kappa shape index (κ2) is 11.5. The first-order valence-corrected chi connectivity index (χ1v) is 12.1. The van der Waals surface area contributed by atoms with Gasteiger partial charge in [-0.15, -0.1) is 0 Å². The number of furan rings is 1. The van der Waals surface area contributed by atoms with Crippen LogP contribution in [0.4, 0.5) is 5.69 Å².